The highest BCUT2D eigenvalue weighted by Crippen LogP contribution is 2.18. The Morgan fingerprint density at radius 2 is 2.12 bits per heavy atom. The predicted molar refractivity (Wildman–Crippen MR) is 76.5 cm³/mol. The lowest BCUT2D eigenvalue weighted by Crippen LogP contribution is -2.00. The van der Waals surface area contributed by atoms with Gasteiger partial charge in [-0.1, -0.05) is 41.8 Å². The summed E-state index contributed by atoms with van der Waals surface area (Å²) in [6.07, 6.45) is 3.98. The zero-order valence-electron chi connectivity index (χ0n) is 9.75. The molecule has 0 bridgehead atoms. The van der Waals surface area contributed by atoms with Crippen molar-refractivity contribution in [1.29, 1.82) is 0 Å². The van der Waals surface area contributed by atoms with E-state index in [9.17, 15) is 0 Å². The summed E-state index contributed by atoms with van der Waals surface area (Å²) in [6.45, 7) is 3.04. The average molecular weight is 303 g/mol. The summed E-state index contributed by atoms with van der Waals surface area (Å²) >= 11 is 5.41. The normalized spacial score (nSPS) is 10.4. The zero-order chi connectivity index (χ0) is 11.6. The van der Waals surface area contributed by atoms with Crippen molar-refractivity contribution in [2.24, 2.45) is 0 Å². The Bertz CT molecular complexity index is 291. The van der Waals surface area contributed by atoms with Crippen molar-refractivity contribution in [3.05, 3.63) is 28.7 Å². The molecule has 90 valence electrons. The SMILES string of the molecule is CCCCCSCCOc1cccc(Br)c1. The van der Waals surface area contributed by atoms with Gasteiger partial charge in [-0.05, 0) is 30.4 Å². The number of hydrogen-bond donors (Lipinski definition) is 0. The van der Waals surface area contributed by atoms with Gasteiger partial charge in [-0.3, -0.25) is 0 Å². The second-order valence-electron chi connectivity index (χ2n) is 3.63. The fourth-order valence-electron chi connectivity index (χ4n) is 1.33. The van der Waals surface area contributed by atoms with Crippen LogP contribution in [0.3, 0.4) is 0 Å². The first kappa shape index (κ1) is 13.9. The van der Waals surface area contributed by atoms with Crippen molar-refractivity contribution in [3.8, 4) is 5.75 Å². The largest absolute Gasteiger partial charge is 0.493 e. The van der Waals surface area contributed by atoms with E-state index >= 15 is 0 Å². The fourth-order valence-corrected chi connectivity index (χ4v) is 2.52. The number of unbranched alkanes of at least 4 members (excludes halogenated alkanes) is 2. The van der Waals surface area contributed by atoms with E-state index in [-0.39, 0.29) is 0 Å². The van der Waals surface area contributed by atoms with Gasteiger partial charge in [0.1, 0.15) is 5.75 Å². The van der Waals surface area contributed by atoms with Crippen LogP contribution in [0.1, 0.15) is 26.2 Å². The van der Waals surface area contributed by atoms with Gasteiger partial charge in [0.25, 0.3) is 0 Å². The summed E-state index contributed by atoms with van der Waals surface area (Å²) < 4.78 is 6.71. The van der Waals surface area contributed by atoms with E-state index in [1.165, 1.54) is 25.0 Å². The molecule has 1 aromatic rings. The van der Waals surface area contributed by atoms with Crippen LogP contribution in [0.4, 0.5) is 0 Å². The quantitative estimate of drug-likeness (QED) is 0.641. The van der Waals surface area contributed by atoms with Crippen LogP contribution < -0.4 is 4.74 Å². The molecule has 0 aliphatic carbocycles. The van der Waals surface area contributed by atoms with Crippen molar-refractivity contribution in [1.82, 2.24) is 0 Å². The molecule has 0 spiro atoms. The van der Waals surface area contributed by atoms with E-state index in [0.29, 0.717) is 0 Å². The molecule has 1 aromatic carbocycles. The molecule has 16 heavy (non-hydrogen) atoms. The number of rotatable bonds is 8. The molecule has 0 aliphatic heterocycles. The summed E-state index contributed by atoms with van der Waals surface area (Å²) in [5, 5.41) is 0. The first-order valence-corrected chi connectivity index (χ1v) is 7.74. The Labute approximate surface area is 111 Å². The predicted octanol–water partition coefficient (Wildman–Crippen LogP) is 4.75. The zero-order valence-corrected chi connectivity index (χ0v) is 12.1. The molecule has 1 rings (SSSR count). The minimum Gasteiger partial charge on any atom is -0.493 e. The average Bonchev–Trinajstić information content (AvgIpc) is 2.28. The highest BCUT2D eigenvalue weighted by Gasteiger charge is 1.95. The molecule has 0 heterocycles. The third kappa shape index (κ3) is 6.44. The van der Waals surface area contributed by atoms with Crippen LogP contribution in [0.5, 0.6) is 5.75 Å². The van der Waals surface area contributed by atoms with Crippen LogP contribution in [-0.2, 0) is 0 Å². The Balaban J connectivity index is 2.03. The number of halogens is 1. The molecular weight excluding hydrogens is 284 g/mol. The third-order valence-corrected chi connectivity index (χ3v) is 3.71. The summed E-state index contributed by atoms with van der Waals surface area (Å²) in [5.41, 5.74) is 0. The first-order chi connectivity index (χ1) is 7.83. The topological polar surface area (TPSA) is 9.23 Å². The number of ether oxygens (including phenoxy) is 1. The van der Waals surface area contributed by atoms with Gasteiger partial charge in [-0.2, -0.15) is 11.8 Å². The fraction of sp³-hybridized carbons (Fsp3) is 0.538. The third-order valence-electron chi connectivity index (χ3n) is 2.18. The minimum atomic E-state index is 0.799. The van der Waals surface area contributed by atoms with Crippen LogP contribution in [0.2, 0.25) is 0 Å². The molecule has 0 fully saturated rings. The lowest BCUT2D eigenvalue weighted by Gasteiger charge is -2.06. The van der Waals surface area contributed by atoms with Crippen molar-refractivity contribution >= 4 is 27.7 Å². The van der Waals surface area contributed by atoms with Crippen LogP contribution in [0, 0.1) is 0 Å². The Hall–Kier alpha value is -0.150. The Morgan fingerprint density at radius 3 is 2.88 bits per heavy atom. The second-order valence-corrected chi connectivity index (χ2v) is 5.77. The lowest BCUT2D eigenvalue weighted by molar-refractivity contribution is 0.343. The van der Waals surface area contributed by atoms with Gasteiger partial charge in [-0.25, -0.2) is 0 Å². The molecule has 3 heteroatoms. The van der Waals surface area contributed by atoms with E-state index in [1.807, 2.05) is 36.0 Å². The van der Waals surface area contributed by atoms with Crippen LogP contribution in [0.25, 0.3) is 0 Å². The molecule has 0 saturated heterocycles. The maximum Gasteiger partial charge on any atom is 0.120 e. The van der Waals surface area contributed by atoms with Crippen LogP contribution >= 0.6 is 27.7 Å². The van der Waals surface area contributed by atoms with Gasteiger partial charge in [-0.15, -0.1) is 0 Å². The van der Waals surface area contributed by atoms with E-state index < -0.39 is 0 Å². The maximum absolute atomic E-state index is 5.64. The minimum absolute atomic E-state index is 0.799. The standard InChI is InChI=1S/C13H19BrOS/c1-2-3-4-9-16-10-8-15-13-7-5-6-12(14)11-13/h5-7,11H,2-4,8-10H2,1H3. The van der Waals surface area contributed by atoms with Crippen molar-refractivity contribution in [2.75, 3.05) is 18.1 Å². The number of hydrogen-bond acceptors (Lipinski definition) is 2. The van der Waals surface area contributed by atoms with Gasteiger partial charge in [0.15, 0.2) is 0 Å². The van der Waals surface area contributed by atoms with E-state index in [2.05, 4.69) is 22.9 Å². The van der Waals surface area contributed by atoms with Gasteiger partial charge in [0, 0.05) is 10.2 Å². The lowest BCUT2D eigenvalue weighted by atomic mass is 10.3. The summed E-state index contributed by atoms with van der Waals surface area (Å²) in [5.74, 6) is 3.29. The van der Waals surface area contributed by atoms with E-state index in [1.54, 1.807) is 0 Å². The summed E-state index contributed by atoms with van der Waals surface area (Å²) in [7, 11) is 0. The van der Waals surface area contributed by atoms with Crippen molar-refractivity contribution in [3.63, 3.8) is 0 Å². The first-order valence-electron chi connectivity index (χ1n) is 5.79. The summed E-state index contributed by atoms with van der Waals surface area (Å²) in [4.78, 5) is 0. The maximum atomic E-state index is 5.64. The van der Waals surface area contributed by atoms with Crippen molar-refractivity contribution in [2.45, 2.75) is 26.2 Å². The summed E-state index contributed by atoms with van der Waals surface area (Å²) in [6, 6.07) is 7.99. The van der Waals surface area contributed by atoms with Crippen LogP contribution in [0.15, 0.2) is 28.7 Å². The number of thioether (sulfide) groups is 1. The number of benzene rings is 1. The molecule has 0 atom stereocenters. The molecule has 0 unspecified atom stereocenters. The van der Waals surface area contributed by atoms with Gasteiger partial charge >= 0.3 is 0 Å². The van der Waals surface area contributed by atoms with E-state index in [4.69, 9.17) is 4.74 Å². The molecule has 0 saturated carbocycles. The van der Waals surface area contributed by atoms with Crippen LogP contribution in [-0.4, -0.2) is 18.1 Å². The highest BCUT2D eigenvalue weighted by atomic mass is 79.9. The van der Waals surface area contributed by atoms with Gasteiger partial charge in [0.2, 0.25) is 0 Å². The monoisotopic (exact) mass is 302 g/mol. The van der Waals surface area contributed by atoms with E-state index in [0.717, 1.165) is 22.6 Å². The molecule has 1 nitrogen and oxygen atoms in total. The molecule has 0 amide bonds. The molecule has 0 radical (unpaired) electrons. The van der Waals surface area contributed by atoms with Gasteiger partial charge in [0.05, 0.1) is 6.61 Å². The Kier molecular flexibility index (Phi) is 7.77. The Morgan fingerprint density at radius 1 is 1.25 bits per heavy atom. The second kappa shape index (κ2) is 8.94. The highest BCUT2D eigenvalue weighted by molar-refractivity contribution is 9.10. The molecule has 0 aromatic heterocycles. The molecular formula is C13H19BrOS. The smallest absolute Gasteiger partial charge is 0.120 e. The molecule has 0 N–H and O–H groups in total. The van der Waals surface area contributed by atoms with Crippen molar-refractivity contribution < 1.29 is 4.74 Å². The molecule has 0 aliphatic rings. The van der Waals surface area contributed by atoms with Gasteiger partial charge < -0.3 is 4.74 Å².